The molecule has 3 aromatic heterocycles. The van der Waals surface area contributed by atoms with Crippen LogP contribution in [0.1, 0.15) is 18.2 Å². The van der Waals surface area contributed by atoms with E-state index in [0.717, 1.165) is 45.5 Å². The van der Waals surface area contributed by atoms with Crippen LogP contribution in [-0.4, -0.2) is 24.1 Å². The van der Waals surface area contributed by atoms with Crippen LogP contribution in [0.15, 0.2) is 158 Å². The molecule has 0 saturated heterocycles. The molecular weight excluding hydrogens is 623 g/mol. The predicted molar refractivity (Wildman–Crippen MR) is 209 cm³/mol. The largest absolute Gasteiger partial charge is 0.310 e. The van der Waals surface area contributed by atoms with Gasteiger partial charge in [-0.25, -0.2) is 15.0 Å². The first-order valence-electron chi connectivity index (χ1n) is 17.5. The lowest BCUT2D eigenvalue weighted by atomic mass is 9.93. The van der Waals surface area contributed by atoms with E-state index in [9.17, 15) is 0 Å². The van der Waals surface area contributed by atoms with Crippen molar-refractivity contribution in [3.63, 3.8) is 0 Å². The third kappa shape index (κ3) is 4.89. The van der Waals surface area contributed by atoms with Gasteiger partial charge in [0.25, 0.3) is 0 Å². The Hall–Kier alpha value is -6.59. The monoisotopic (exact) mass is 655 g/mol. The summed E-state index contributed by atoms with van der Waals surface area (Å²) in [6, 6.07) is 53.2. The average Bonchev–Trinajstić information content (AvgIpc) is 3.70. The van der Waals surface area contributed by atoms with Crippen LogP contribution < -0.4 is 0 Å². The molecule has 0 radical (unpaired) electrons. The summed E-state index contributed by atoms with van der Waals surface area (Å²) in [5.41, 5.74) is 11.3. The molecule has 0 spiro atoms. The first kappa shape index (κ1) is 29.3. The van der Waals surface area contributed by atoms with Gasteiger partial charge in [-0.05, 0) is 60.4 Å². The molecule has 1 aliphatic rings. The molecule has 6 aromatic carbocycles. The highest BCUT2D eigenvalue weighted by Gasteiger charge is 2.22. The first-order valence-corrected chi connectivity index (χ1v) is 17.5. The van der Waals surface area contributed by atoms with Crippen LogP contribution in [0.5, 0.6) is 0 Å². The van der Waals surface area contributed by atoms with Gasteiger partial charge >= 0.3 is 0 Å². The molecule has 0 N–H and O–H groups in total. The Kier molecular flexibility index (Phi) is 6.78. The third-order valence-electron chi connectivity index (χ3n) is 10.1. The zero-order valence-electron chi connectivity index (χ0n) is 28.1. The fourth-order valence-corrected chi connectivity index (χ4v) is 7.72. The lowest BCUT2D eigenvalue weighted by Crippen LogP contribution is -2.05. The van der Waals surface area contributed by atoms with Gasteiger partial charge in [-0.2, -0.15) is 0 Å². The molecule has 0 amide bonds. The Bertz CT molecular complexity index is 2720. The van der Waals surface area contributed by atoms with Crippen molar-refractivity contribution in [3.05, 3.63) is 169 Å². The maximum Gasteiger partial charge on any atom is 0.164 e. The summed E-state index contributed by atoms with van der Waals surface area (Å²) in [4.78, 5) is 15.0. The number of rotatable bonds is 5. The highest BCUT2D eigenvalue weighted by molar-refractivity contribution is 6.11. The van der Waals surface area contributed by atoms with E-state index in [-0.39, 0.29) is 0 Å². The zero-order chi connectivity index (χ0) is 33.9. The second-order valence-electron chi connectivity index (χ2n) is 13.4. The summed E-state index contributed by atoms with van der Waals surface area (Å²) in [5, 5.41) is 3.71. The van der Waals surface area contributed by atoms with Crippen molar-refractivity contribution >= 4 is 38.8 Å². The summed E-state index contributed by atoms with van der Waals surface area (Å²) in [6.07, 6.45) is 5.70. The standard InChI is InChI=1S/C46H33N5/c1-30-21-26-41-39(27-30)36-19-11-12-20-40(36)51(41)35-23-25-38-37-24-22-33(28-42(37)50(43(38)29-35)34-17-9-4-10-18-34)46-48-44(31-13-5-2-6-14-31)47-45(49-46)32-15-7-3-8-16-32/h2-26,28-30H,27H2,1H3. The van der Waals surface area contributed by atoms with E-state index < -0.39 is 0 Å². The van der Waals surface area contributed by atoms with Crippen LogP contribution >= 0.6 is 0 Å². The van der Waals surface area contributed by atoms with Crippen LogP contribution in [0.4, 0.5) is 0 Å². The SMILES string of the molecule is CC1C=Cc2c(c3ccccc3n2-c2ccc3c4ccc(-c5nc(-c6ccccc6)nc(-c6ccccc6)n5)cc4n(-c4ccccc4)c3c2)C1. The van der Waals surface area contributed by atoms with Gasteiger partial charge in [0.1, 0.15) is 0 Å². The number of hydrogen-bond donors (Lipinski definition) is 0. The van der Waals surface area contributed by atoms with Crippen molar-refractivity contribution in [1.82, 2.24) is 24.1 Å². The highest BCUT2D eigenvalue weighted by atomic mass is 15.0. The molecule has 1 aliphatic carbocycles. The third-order valence-corrected chi connectivity index (χ3v) is 10.1. The van der Waals surface area contributed by atoms with Crippen molar-refractivity contribution in [1.29, 1.82) is 0 Å². The van der Waals surface area contributed by atoms with Crippen molar-refractivity contribution in [2.24, 2.45) is 5.92 Å². The molecule has 0 saturated carbocycles. The number of para-hydroxylation sites is 2. The predicted octanol–water partition coefficient (Wildman–Crippen LogP) is 11.1. The molecule has 0 fully saturated rings. The molecule has 10 rings (SSSR count). The van der Waals surface area contributed by atoms with Crippen molar-refractivity contribution in [2.45, 2.75) is 13.3 Å². The number of allylic oxidation sites excluding steroid dienone is 1. The Balaban J connectivity index is 1.21. The number of nitrogens with zero attached hydrogens (tertiary/aromatic N) is 5. The van der Waals surface area contributed by atoms with Gasteiger partial charge < -0.3 is 9.13 Å². The summed E-state index contributed by atoms with van der Waals surface area (Å²) in [7, 11) is 0. The Morgan fingerprint density at radius 1 is 0.471 bits per heavy atom. The summed E-state index contributed by atoms with van der Waals surface area (Å²) >= 11 is 0. The molecular formula is C46H33N5. The molecule has 1 atom stereocenters. The molecule has 5 nitrogen and oxygen atoms in total. The van der Waals surface area contributed by atoms with Crippen LogP contribution in [-0.2, 0) is 6.42 Å². The highest BCUT2D eigenvalue weighted by Crippen LogP contribution is 2.39. The molecule has 5 heteroatoms. The number of hydrogen-bond acceptors (Lipinski definition) is 3. The summed E-state index contributed by atoms with van der Waals surface area (Å²) in [5.74, 6) is 2.46. The lowest BCUT2D eigenvalue weighted by Gasteiger charge is -2.16. The van der Waals surface area contributed by atoms with Crippen LogP contribution in [0.3, 0.4) is 0 Å². The average molecular weight is 656 g/mol. The topological polar surface area (TPSA) is 48.5 Å². The fraction of sp³-hybridized carbons (Fsp3) is 0.0652. The normalized spacial score (nSPS) is 14.0. The minimum atomic E-state index is 0.519. The van der Waals surface area contributed by atoms with E-state index in [1.165, 1.54) is 32.9 Å². The van der Waals surface area contributed by atoms with Gasteiger partial charge in [0, 0.05) is 49.9 Å². The van der Waals surface area contributed by atoms with Crippen molar-refractivity contribution < 1.29 is 0 Å². The summed E-state index contributed by atoms with van der Waals surface area (Å²) in [6.45, 7) is 2.30. The van der Waals surface area contributed by atoms with Gasteiger partial charge in [-0.15, -0.1) is 0 Å². The van der Waals surface area contributed by atoms with E-state index in [1.807, 2.05) is 60.7 Å². The minimum Gasteiger partial charge on any atom is -0.310 e. The van der Waals surface area contributed by atoms with E-state index in [2.05, 4.69) is 119 Å². The quantitative estimate of drug-likeness (QED) is 0.185. The number of benzene rings is 6. The fourth-order valence-electron chi connectivity index (χ4n) is 7.72. The number of aromatic nitrogens is 5. The molecule has 51 heavy (non-hydrogen) atoms. The van der Waals surface area contributed by atoms with Gasteiger partial charge in [0.2, 0.25) is 0 Å². The summed E-state index contributed by atoms with van der Waals surface area (Å²) < 4.78 is 4.82. The van der Waals surface area contributed by atoms with Gasteiger partial charge in [-0.1, -0.05) is 128 Å². The molecule has 0 bridgehead atoms. The van der Waals surface area contributed by atoms with Crippen LogP contribution in [0, 0.1) is 5.92 Å². The van der Waals surface area contributed by atoms with Crippen LogP contribution in [0.2, 0.25) is 0 Å². The Morgan fingerprint density at radius 2 is 1.04 bits per heavy atom. The number of fused-ring (bicyclic) bond motifs is 6. The van der Waals surface area contributed by atoms with E-state index in [4.69, 9.17) is 15.0 Å². The van der Waals surface area contributed by atoms with Crippen molar-refractivity contribution in [2.75, 3.05) is 0 Å². The second kappa shape index (κ2) is 11.8. The van der Waals surface area contributed by atoms with Gasteiger partial charge in [0.05, 0.1) is 16.6 Å². The van der Waals surface area contributed by atoms with Crippen molar-refractivity contribution in [3.8, 4) is 45.5 Å². The smallest absolute Gasteiger partial charge is 0.164 e. The first-order chi connectivity index (χ1) is 25.2. The molecule has 9 aromatic rings. The maximum absolute atomic E-state index is 5.04. The van der Waals surface area contributed by atoms with E-state index >= 15 is 0 Å². The molecule has 3 heterocycles. The molecule has 242 valence electrons. The lowest BCUT2D eigenvalue weighted by molar-refractivity contribution is 0.718. The van der Waals surface area contributed by atoms with E-state index in [0.29, 0.717) is 23.4 Å². The maximum atomic E-state index is 5.04. The Labute approximate surface area is 295 Å². The minimum absolute atomic E-state index is 0.519. The molecule has 0 aliphatic heterocycles. The second-order valence-corrected chi connectivity index (χ2v) is 13.4. The molecule has 1 unspecified atom stereocenters. The Morgan fingerprint density at radius 3 is 1.73 bits per heavy atom. The van der Waals surface area contributed by atoms with Gasteiger partial charge in [0.15, 0.2) is 17.5 Å². The zero-order valence-corrected chi connectivity index (χ0v) is 28.1. The van der Waals surface area contributed by atoms with Gasteiger partial charge in [-0.3, -0.25) is 0 Å². The van der Waals surface area contributed by atoms with Crippen LogP contribution in [0.25, 0.3) is 84.3 Å². The van der Waals surface area contributed by atoms with E-state index in [1.54, 1.807) is 0 Å².